The third-order valence-corrected chi connectivity index (χ3v) is 6.13. The van der Waals surface area contributed by atoms with E-state index in [9.17, 15) is 14.7 Å². The number of halogens is 1. The quantitative estimate of drug-likeness (QED) is 0.456. The molecule has 0 bridgehead atoms. The number of carbonyl (C=O) groups excluding carboxylic acids is 2. The van der Waals surface area contributed by atoms with Gasteiger partial charge in [0.2, 0.25) is 11.8 Å². The van der Waals surface area contributed by atoms with Gasteiger partial charge < -0.3 is 30.0 Å². The molecule has 3 N–H and O–H groups in total. The van der Waals surface area contributed by atoms with Crippen molar-refractivity contribution >= 4 is 27.7 Å². The fourth-order valence-corrected chi connectivity index (χ4v) is 3.80. The molecule has 1 fully saturated rings. The fourth-order valence-electron chi connectivity index (χ4n) is 3.53. The average molecular weight is 535 g/mol. The number of aliphatic hydroxyl groups is 1. The second kappa shape index (κ2) is 11.8. The van der Waals surface area contributed by atoms with Crippen molar-refractivity contribution in [3.8, 4) is 5.75 Å². The summed E-state index contributed by atoms with van der Waals surface area (Å²) in [6.07, 6.45) is -2.57. The maximum atomic E-state index is 12.9. The Morgan fingerprint density at radius 2 is 1.82 bits per heavy atom. The van der Waals surface area contributed by atoms with Crippen LogP contribution in [0.15, 0.2) is 53.0 Å². The van der Waals surface area contributed by atoms with Gasteiger partial charge in [0.15, 0.2) is 6.29 Å². The zero-order chi connectivity index (χ0) is 24.7. The van der Waals surface area contributed by atoms with Crippen molar-refractivity contribution in [2.24, 2.45) is 5.41 Å². The molecular formula is C25H31BrN2O6. The van der Waals surface area contributed by atoms with E-state index in [0.29, 0.717) is 18.9 Å². The monoisotopic (exact) mass is 534 g/mol. The molecule has 2 aromatic carbocycles. The van der Waals surface area contributed by atoms with E-state index in [1.807, 2.05) is 50.2 Å². The second-order valence-corrected chi connectivity index (χ2v) is 9.78. The molecule has 3 rings (SSSR count). The van der Waals surface area contributed by atoms with Gasteiger partial charge in [-0.15, -0.1) is 0 Å². The van der Waals surface area contributed by atoms with Crippen molar-refractivity contribution in [2.45, 2.75) is 45.3 Å². The highest BCUT2D eigenvalue weighted by Gasteiger charge is 2.43. The Kier molecular flexibility index (Phi) is 9.07. The summed E-state index contributed by atoms with van der Waals surface area (Å²) in [6, 6.07) is 14.8. The fraction of sp³-hybridized carbons (Fsp3) is 0.440. The Balaban J connectivity index is 1.47. The number of aliphatic hydroxyl groups excluding tert-OH is 1. The molecule has 0 radical (unpaired) electrons. The van der Waals surface area contributed by atoms with Crippen LogP contribution in [0.1, 0.15) is 37.7 Å². The molecule has 8 nitrogen and oxygen atoms in total. The first-order valence-corrected chi connectivity index (χ1v) is 11.9. The molecule has 1 aliphatic rings. The van der Waals surface area contributed by atoms with Gasteiger partial charge in [0, 0.05) is 28.5 Å². The van der Waals surface area contributed by atoms with Crippen molar-refractivity contribution in [3.05, 3.63) is 64.1 Å². The number of nitrogens with one attached hydrogen (secondary N) is 2. The Labute approximate surface area is 208 Å². The van der Waals surface area contributed by atoms with Crippen LogP contribution >= 0.6 is 15.9 Å². The van der Waals surface area contributed by atoms with Crippen molar-refractivity contribution in [3.63, 3.8) is 0 Å². The maximum Gasteiger partial charge on any atom is 0.249 e. The number of ether oxygens (including phenoxy) is 3. The van der Waals surface area contributed by atoms with Crippen LogP contribution in [0.2, 0.25) is 0 Å². The number of amides is 2. The number of benzene rings is 2. The summed E-state index contributed by atoms with van der Waals surface area (Å²) in [5.41, 5.74) is 1.16. The molecule has 3 atom stereocenters. The predicted octanol–water partition coefficient (Wildman–Crippen LogP) is 3.08. The van der Waals surface area contributed by atoms with Gasteiger partial charge in [-0.1, -0.05) is 54.0 Å². The lowest BCUT2D eigenvalue weighted by atomic mass is 9.85. The molecule has 9 heteroatoms. The molecular weight excluding hydrogens is 504 g/mol. The van der Waals surface area contributed by atoms with Gasteiger partial charge in [-0.25, -0.2) is 0 Å². The minimum atomic E-state index is -1.23. The summed E-state index contributed by atoms with van der Waals surface area (Å²) >= 11 is 3.36. The van der Waals surface area contributed by atoms with E-state index in [0.717, 1.165) is 15.6 Å². The Morgan fingerprint density at radius 3 is 2.47 bits per heavy atom. The van der Waals surface area contributed by atoms with E-state index >= 15 is 0 Å². The smallest absolute Gasteiger partial charge is 0.249 e. The van der Waals surface area contributed by atoms with E-state index in [1.165, 1.54) is 0 Å². The van der Waals surface area contributed by atoms with Crippen molar-refractivity contribution in [1.82, 2.24) is 10.6 Å². The van der Waals surface area contributed by atoms with Crippen molar-refractivity contribution in [1.29, 1.82) is 0 Å². The van der Waals surface area contributed by atoms with Crippen LogP contribution in [0.25, 0.3) is 0 Å². The van der Waals surface area contributed by atoms with Gasteiger partial charge in [-0.3, -0.25) is 9.59 Å². The molecule has 1 heterocycles. The Morgan fingerprint density at radius 1 is 1.15 bits per heavy atom. The highest BCUT2D eigenvalue weighted by Crippen LogP contribution is 2.36. The molecule has 184 valence electrons. The molecule has 0 saturated carbocycles. The van der Waals surface area contributed by atoms with Crippen LogP contribution in [0.5, 0.6) is 5.75 Å². The van der Waals surface area contributed by atoms with Gasteiger partial charge in [-0.05, 0) is 36.2 Å². The second-order valence-electron chi connectivity index (χ2n) is 8.86. The molecule has 2 aromatic rings. The van der Waals surface area contributed by atoms with E-state index in [-0.39, 0.29) is 18.9 Å². The maximum absolute atomic E-state index is 12.9. The first-order valence-electron chi connectivity index (χ1n) is 11.1. The molecule has 34 heavy (non-hydrogen) atoms. The molecule has 1 aliphatic heterocycles. The number of carbonyl (C=O) groups is 2. The summed E-state index contributed by atoms with van der Waals surface area (Å²) in [4.78, 5) is 25.1. The normalized spacial score (nSPS) is 20.3. The van der Waals surface area contributed by atoms with E-state index in [4.69, 9.17) is 14.2 Å². The van der Waals surface area contributed by atoms with E-state index in [2.05, 4.69) is 26.6 Å². The Bertz CT molecular complexity index is 964. The predicted molar refractivity (Wildman–Crippen MR) is 130 cm³/mol. The summed E-state index contributed by atoms with van der Waals surface area (Å²) in [5.74, 6) is -0.0812. The Hall–Kier alpha value is -2.46. The van der Waals surface area contributed by atoms with Gasteiger partial charge in [0.1, 0.15) is 18.0 Å². The first kappa shape index (κ1) is 26.2. The average Bonchev–Trinajstić information content (AvgIpc) is 2.83. The number of rotatable bonds is 9. The SMILES string of the molecule is COc1ccc(C2OCC(C)(C)C(C(=O)NCCC(O)C(=O)NCc3ccc(Br)cc3)O2)cc1. The summed E-state index contributed by atoms with van der Waals surface area (Å²) in [7, 11) is 1.59. The van der Waals surface area contributed by atoms with Gasteiger partial charge in [-0.2, -0.15) is 0 Å². The number of methoxy groups -OCH3 is 1. The first-order chi connectivity index (χ1) is 16.2. The third kappa shape index (κ3) is 7.02. The minimum absolute atomic E-state index is 0.0868. The third-order valence-electron chi connectivity index (χ3n) is 5.60. The number of hydrogen-bond acceptors (Lipinski definition) is 6. The van der Waals surface area contributed by atoms with Gasteiger partial charge in [0.05, 0.1) is 13.7 Å². The molecule has 0 aromatic heterocycles. The van der Waals surface area contributed by atoms with Crippen LogP contribution in [-0.2, 0) is 25.6 Å². The molecule has 0 spiro atoms. The standard InChI is InChI=1S/C25H31BrN2O6/c1-25(2)15-33-24(17-6-10-19(32-3)11-7-17)34-21(25)23(31)27-13-12-20(29)22(30)28-14-16-4-8-18(26)9-5-16/h4-11,20-21,24,29H,12-15H2,1-3H3,(H,27,31)(H,28,30). The van der Waals surface area contributed by atoms with E-state index in [1.54, 1.807) is 19.2 Å². The lowest BCUT2D eigenvalue weighted by Crippen LogP contribution is -2.52. The largest absolute Gasteiger partial charge is 0.497 e. The highest BCUT2D eigenvalue weighted by molar-refractivity contribution is 9.10. The van der Waals surface area contributed by atoms with Crippen LogP contribution < -0.4 is 15.4 Å². The number of hydrogen-bond donors (Lipinski definition) is 3. The van der Waals surface area contributed by atoms with Gasteiger partial charge >= 0.3 is 0 Å². The van der Waals surface area contributed by atoms with Crippen molar-refractivity contribution < 1.29 is 28.9 Å². The zero-order valence-corrected chi connectivity index (χ0v) is 21.1. The van der Waals surface area contributed by atoms with Crippen molar-refractivity contribution in [2.75, 3.05) is 20.3 Å². The van der Waals surface area contributed by atoms with Crippen LogP contribution in [0, 0.1) is 5.41 Å². The highest BCUT2D eigenvalue weighted by atomic mass is 79.9. The lowest BCUT2D eigenvalue weighted by molar-refractivity contribution is -0.258. The molecule has 2 amide bonds. The summed E-state index contributed by atoms with van der Waals surface area (Å²) in [6.45, 7) is 4.57. The van der Waals surface area contributed by atoms with Crippen LogP contribution in [-0.4, -0.2) is 49.4 Å². The van der Waals surface area contributed by atoms with Crippen LogP contribution in [0.4, 0.5) is 0 Å². The van der Waals surface area contributed by atoms with Gasteiger partial charge in [0.25, 0.3) is 0 Å². The summed E-state index contributed by atoms with van der Waals surface area (Å²) in [5, 5.41) is 15.6. The zero-order valence-electron chi connectivity index (χ0n) is 19.5. The van der Waals surface area contributed by atoms with Crippen LogP contribution in [0.3, 0.4) is 0 Å². The molecule has 3 unspecified atom stereocenters. The minimum Gasteiger partial charge on any atom is -0.497 e. The topological polar surface area (TPSA) is 106 Å². The molecule has 0 aliphatic carbocycles. The lowest BCUT2D eigenvalue weighted by Gasteiger charge is -2.41. The summed E-state index contributed by atoms with van der Waals surface area (Å²) < 4.78 is 18.0. The molecule has 1 saturated heterocycles. The van der Waals surface area contributed by atoms with E-state index < -0.39 is 29.8 Å².